The summed E-state index contributed by atoms with van der Waals surface area (Å²) < 4.78 is 14.1. The van der Waals surface area contributed by atoms with Gasteiger partial charge in [0.05, 0.1) is 15.7 Å². The minimum absolute atomic E-state index is 0.0936. The highest BCUT2D eigenvalue weighted by molar-refractivity contribution is 9.10. The Kier molecular flexibility index (Phi) is 4.01. The Morgan fingerprint density at radius 1 is 1.35 bits per heavy atom. The molecule has 0 unspecified atom stereocenters. The van der Waals surface area contributed by atoms with Crippen LogP contribution >= 0.6 is 15.9 Å². The molecule has 0 aliphatic carbocycles. The lowest BCUT2D eigenvalue weighted by Gasteiger charge is -2.10. The van der Waals surface area contributed by atoms with E-state index in [-0.39, 0.29) is 15.7 Å². The normalized spacial score (nSPS) is 9.85. The number of benzene rings is 2. The zero-order chi connectivity index (χ0) is 14.7. The molecule has 0 spiro atoms. The van der Waals surface area contributed by atoms with Crippen LogP contribution in [0.1, 0.15) is 15.9 Å². The number of carbonyl (C=O) groups excluding carboxylic acids is 1. The maximum absolute atomic E-state index is 14.0. The number of nitrogens with zero attached hydrogens (tertiary/aromatic N) is 1. The zero-order valence-electron chi connectivity index (χ0n) is 10.2. The van der Waals surface area contributed by atoms with Crippen LogP contribution in [-0.4, -0.2) is 5.91 Å². The van der Waals surface area contributed by atoms with Gasteiger partial charge in [0.15, 0.2) is 5.82 Å². The smallest absolute Gasteiger partial charge is 0.248 e. The number of amides is 1. The molecule has 100 valence electrons. The summed E-state index contributed by atoms with van der Waals surface area (Å²) in [6, 6.07) is 11.2. The van der Waals surface area contributed by atoms with Crippen molar-refractivity contribution in [2.75, 3.05) is 5.32 Å². The average molecular weight is 334 g/mol. The predicted octanol–water partition coefficient (Wildman–Crippen LogP) is 3.30. The fourth-order valence-electron chi connectivity index (χ4n) is 1.64. The molecule has 3 N–H and O–H groups in total. The first-order chi connectivity index (χ1) is 9.52. The molecule has 6 heteroatoms. The van der Waals surface area contributed by atoms with Crippen LogP contribution in [0, 0.1) is 17.1 Å². The van der Waals surface area contributed by atoms with Crippen molar-refractivity contribution in [3.63, 3.8) is 0 Å². The fraction of sp³-hybridized carbons (Fsp3) is 0. The fourth-order valence-corrected chi connectivity index (χ4v) is 2.07. The van der Waals surface area contributed by atoms with E-state index in [1.807, 2.05) is 6.07 Å². The van der Waals surface area contributed by atoms with E-state index in [0.717, 1.165) is 0 Å². The topological polar surface area (TPSA) is 78.9 Å². The van der Waals surface area contributed by atoms with Crippen LogP contribution in [0.4, 0.5) is 15.8 Å². The van der Waals surface area contributed by atoms with E-state index >= 15 is 0 Å². The minimum atomic E-state index is -0.575. The Balaban J connectivity index is 2.36. The summed E-state index contributed by atoms with van der Waals surface area (Å²) in [7, 11) is 0. The first-order valence-electron chi connectivity index (χ1n) is 5.58. The van der Waals surface area contributed by atoms with E-state index in [4.69, 9.17) is 11.0 Å². The third-order valence-electron chi connectivity index (χ3n) is 2.63. The van der Waals surface area contributed by atoms with Gasteiger partial charge in [0, 0.05) is 11.3 Å². The van der Waals surface area contributed by atoms with Crippen molar-refractivity contribution in [1.82, 2.24) is 0 Å². The van der Waals surface area contributed by atoms with Gasteiger partial charge in [-0.05, 0) is 46.3 Å². The van der Waals surface area contributed by atoms with Gasteiger partial charge in [0.1, 0.15) is 6.07 Å². The third-order valence-corrected chi connectivity index (χ3v) is 3.40. The second-order valence-electron chi connectivity index (χ2n) is 3.97. The van der Waals surface area contributed by atoms with Crippen LogP contribution in [0.3, 0.4) is 0 Å². The summed E-state index contributed by atoms with van der Waals surface area (Å²) in [4.78, 5) is 11.1. The molecule has 0 bridgehead atoms. The number of nitrogens with two attached hydrogens (primary N) is 1. The molecule has 4 nitrogen and oxygen atoms in total. The lowest BCUT2D eigenvalue weighted by molar-refractivity contribution is 0.100. The zero-order valence-corrected chi connectivity index (χ0v) is 11.7. The number of primary amides is 1. The van der Waals surface area contributed by atoms with Gasteiger partial charge in [-0.3, -0.25) is 4.79 Å². The monoisotopic (exact) mass is 333 g/mol. The molecule has 0 atom stereocenters. The summed E-state index contributed by atoms with van der Waals surface area (Å²) in [5, 5.41) is 11.6. The van der Waals surface area contributed by atoms with Gasteiger partial charge in [0.2, 0.25) is 5.91 Å². The number of nitrogens with one attached hydrogen (secondary N) is 1. The van der Waals surface area contributed by atoms with Crippen molar-refractivity contribution < 1.29 is 9.18 Å². The quantitative estimate of drug-likeness (QED) is 0.904. The molecule has 0 heterocycles. The van der Waals surface area contributed by atoms with Crippen molar-refractivity contribution >= 4 is 33.2 Å². The van der Waals surface area contributed by atoms with Crippen LogP contribution in [-0.2, 0) is 0 Å². The molecule has 0 aromatic heterocycles. The highest BCUT2D eigenvalue weighted by atomic mass is 79.9. The second-order valence-corrected chi connectivity index (χ2v) is 4.76. The van der Waals surface area contributed by atoms with Crippen LogP contribution in [0.15, 0.2) is 40.9 Å². The Morgan fingerprint density at radius 2 is 2.10 bits per heavy atom. The van der Waals surface area contributed by atoms with Crippen molar-refractivity contribution in [3.05, 3.63) is 57.8 Å². The van der Waals surface area contributed by atoms with E-state index < -0.39 is 11.7 Å². The van der Waals surface area contributed by atoms with Crippen molar-refractivity contribution in [1.29, 1.82) is 5.26 Å². The van der Waals surface area contributed by atoms with Gasteiger partial charge in [-0.2, -0.15) is 5.26 Å². The highest BCUT2D eigenvalue weighted by Gasteiger charge is 2.11. The standard InChI is InChI=1S/C14H9BrFN3O/c15-12-9(7-17)4-5-11(13(12)16)19-10-3-1-2-8(6-10)14(18)20/h1-6,19H,(H2,18,20). The third kappa shape index (κ3) is 2.78. The Bertz CT molecular complexity index is 725. The average Bonchev–Trinajstić information content (AvgIpc) is 2.44. The van der Waals surface area contributed by atoms with Crippen LogP contribution < -0.4 is 11.1 Å². The van der Waals surface area contributed by atoms with E-state index in [1.165, 1.54) is 18.2 Å². The summed E-state index contributed by atoms with van der Waals surface area (Å²) in [5.41, 5.74) is 6.43. The van der Waals surface area contributed by atoms with Gasteiger partial charge in [-0.25, -0.2) is 4.39 Å². The Labute approximate surface area is 123 Å². The maximum atomic E-state index is 14.0. The van der Waals surface area contributed by atoms with Gasteiger partial charge in [-0.1, -0.05) is 6.07 Å². The van der Waals surface area contributed by atoms with Gasteiger partial charge < -0.3 is 11.1 Å². The summed E-state index contributed by atoms with van der Waals surface area (Å²) in [5.74, 6) is -1.14. The first kappa shape index (κ1) is 14.0. The van der Waals surface area contributed by atoms with Crippen molar-refractivity contribution in [2.24, 2.45) is 5.73 Å². The number of rotatable bonds is 3. The largest absolute Gasteiger partial charge is 0.366 e. The first-order valence-corrected chi connectivity index (χ1v) is 6.37. The molecule has 0 saturated heterocycles. The molecule has 1 amide bonds. The van der Waals surface area contributed by atoms with Gasteiger partial charge in [0.25, 0.3) is 0 Å². The van der Waals surface area contributed by atoms with Gasteiger partial charge in [-0.15, -0.1) is 0 Å². The molecular formula is C14H9BrFN3O. The predicted molar refractivity (Wildman–Crippen MR) is 77.1 cm³/mol. The molecule has 0 fully saturated rings. The lowest BCUT2D eigenvalue weighted by Crippen LogP contribution is -2.10. The molecule has 2 aromatic carbocycles. The van der Waals surface area contributed by atoms with Crippen molar-refractivity contribution in [2.45, 2.75) is 0 Å². The molecule has 2 rings (SSSR count). The molecular weight excluding hydrogens is 325 g/mol. The van der Waals surface area contributed by atoms with Crippen molar-refractivity contribution in [3.8, 4) is 6.07 Å². The van der Waals surface area contributed by atoms with E-state index in [9.17, 15) is 9.18 Å². The number of nitriles is 1. The number of hydrogen-bond donors (Lipinski definition) is 2. The SMILES string of the molecule is N#Cc1ccc(Nc2cccc(C(N)=O)c2)c(F)c1Br. The Hall–Kier alpha value is -2.39. The maximum Gasteiger partial charge on any atom is 0.248 e. The molecule has 2 aromatic rings. The number of hydrogen-bond acceptors (Lipinski definition) is 3. The number of halogens is 2. The van der Waals surface area contributed by atoms with Crippen LogP contribution in [0.2, 0.25) is 0 Å². The molecule has 0 aliphatic rings. The van der Waals surface area contributed by atoms with E-state index in [1.54, 1.807) is 18.2 Å². The molecule has 0 saturated carbocycles. The summed E-state index contributed by atoms with van der Waals surface area (Å²) >= 11 is 3.03. The number of anilines is 2. The Morgan fingerprint density at radius 3 is 2.75 bits per heavy atom. The summed E-state index contributed by atoms with van der Waals surface area (Å²) in [6.45, 7) is 0. The van der Waals surface area contributed by atoms with Gasteiger partial charge >= 0.3 is 0 Å². The summed E-state index contributed by atoms with van der Waals surface area (Å²) in [6.07, 6.45) is 0. The lowest BCUT2D eigenvalue weighted by atomic mass is 10.1. The van der Waals surface area contributed by atoms with E-state index in [2.05, 4.69) is 21.2 Å². The molecule has 0 aliphatic heterocycles. The van der Waals surface area contributed by atoms with Crippen LogP contribution in [0.25, 0.3) is 0 Å². The number of carbonyl (C=O) groups is 1. The molecule has 20 heavy (non-hydrogen) atoms. The minimum Gasteiger partial charge on any atom is -0.366 e. The second kappa shape index (κ2) is 5.72. The van der Waals surface area contributed by atoms with E-state index in [0.29, 0.717) is 11.3 Å². The highest BCUT2D eigenvalue weighted by Crippen LogP contribution is 2.28. The molecule has 0 radical (unpaired) electrons. The van der Waals surface area contributed by atoms with Crippen LogP contribution in [0.5, 0.6) is 0 Å².